The van der Waals surface area contributed by atoms with Crippen molar-refractivity contribution in [2.24, 2.45) is 0 Å². The maximum Gasteiger partial charge on any atom is 0.335 e. The van der Waals surface area contributed by atoms with E-state index in [9.17, 15) is 19.5 Å². The van der Waals surface area contributed by atoms with E-state index >= 15 is 0 Å². The van der Waals surface area contributed by atoms with Gasteiger partial charge in [0.25, 0.3) is 11.8 Å². The molecule has 0 saturated carbocycles. The summed E-state index contributed by atoms with van der Waals surface area (Å²) in [6.45, 7) is 1.88. The van der Waals surface area contributed by atoms with Gasteiger partial charge in [0, 0.05) is 4.47 Å². The number of carbonyl (C=O) groups excluding carboxylic acids is 3. The second kappa shape index (κ2) is 7.24. The summed E-state index contributed by atoms with van der Waals surface area (Å²) < 4.78 is 5.50. The summed E-state index contributed by atoms with van der Waals surface area (Å²) in [7, 11) is 1.39. The lowest BCUT2D eigenvalue weighted by Gasteiger charge is -2.26. The van der Waals surface area contributed by atoms with E-state index in [0.717, 1.165) is 10.5 Å². The van der Waals surface area contributed by atoms with Crippen molar-refractivity contribution >= 4 is 45.5 Å². The van der Waals surface area contributed by atoms with Gasteiger partial charge in [0.05, 0.1) is 12.8 Å². The molecular formula is C19H15BrN2O5. The summed E-state index contributed by atoms with van der Waals surface area (Å²) in [5, 5.41) is 12.0. The summed E-state index contributed by atoms with van der Waals surface area (Å²) in [6, 6.07) is 8.82. The Morgan fingerprint density at radius 2 is 1.81 bits per heavy atom. The van der Waals surface area contributed by atoms with Crippen molar-refractivity contribution in [3.63, 3.8) is 0 Å². The Hall–Kier alpha value is -3.13. The molecule has 1 saturated heterocycles. The second-order valence-corrected chi connectivity index (χ2v) is 6.69. The van der Waals surface area contributed by atoms with Crippen molar-refractivity contribution in [3.8, 4) is 11.5 Å². The fraction of sp³-hybridized carbons (Fsp3) is 0.105. The van der Waals surface area contributed by atoms with E-state index in [1.54, 1.807) is 24.3 Å². The van der Waals surface area contributed by atoms with Crippen LogP contribution in [0.5, 0.6) is 11.5 Å². The van der Waals surface area contributed by atoms with Crippen LogP contribution >= 0.6 is 15.9 Å². The number of hydrogen-bond acceptors (Lipinski definition) is 5. The molecular weight excluding hydrogens is 416 g/mol. The first-order chi connectivity index (χ1) is 12.8. The van der Waals surface area contributed by atoms with E-state index in [1.807, 2.05) is 6.92 Å². The van der Waals surface area contributed by atoms with Gasteiger partial charge < -0.3 is 9.84 Å². The molecule has 0 aromatic heterocycles. The topological polar surface area (TPSA) is 95.9 Å². The monoisotopic (exact) mass is 430 g/mol. The quantitative estimate of drug-likeness (QED) is 0.575. The third-order valence-corrected chi connectivity index (χ3v) is 4.68. The minimum Gasteiger partial charge on any atom is -0.504 e. The zero-order chi connectivity index (χ0) is 19.7. The van der Waals surface area contributed by atoms with Gasteiger partial charge in [-0.3, -0.25) is 14.9 Å². The largest absolute Gasteiger partial charge is 0.504 e. The molecule has 2 aromatic rings. The van der Waals surface area contributed by atoms with Gasteiger partial charge in [-0.15, -0.1) is 0 Å². The molecule has 1 aliphatic heterocycles. The van der Waals surface area contributed by atoms with Gasteiger partial charge in [-0.05, 0) is 42.8 Å². The molecule has 0 radical (unpaired) electrons. The first-order valence-electron chi connectivity index (χ1n) is 7.86. The van der Waals surface area contributed by atoms with Crippen molar-refractivity contribution < 1.29 is 24.2 Å². The zero-order valence-electron chi connectivity index (χ0n) is 14.4. The smallest absolute Gasteiger partial charge is 0.335 e. The Morgan fingerprint density at radius 1 is 1.15 bits per heavy atom. The number of urea groups is 1. The molecule has 8 heteroatoms. The fourth-order valence-electron chi connectivity index (χ4n) is 2.57. The minimum atomic E-state index is -0.812. The van der Waals surface area contributed by atoms with E-state index in [0.29, 0.717) is 15.7 Å². The lowest BCUT2D eigenvalue weighted by Crippen LogP contribution is -2.54. The molecule has 0 spiro atoms. The molecule has 138 valence electrons. The molecule has 1 heterocycles. The van der Waals surface area contributed by atoms with Gasteiger partial charge in [0.15, 0.2) is 11.5 Å². The first-order valence-corrected chi connectivity index (χ1v) is 8.65. The number of ether oxygens (including phenoxy) is 1. The number of aryl methyl sites for hydroxylation is 1. The molecule has 0 bridgehead atoms. The fourth-order valence-corrected chi connectivity index (χ4v) is 3.02. The number of amides is 4. The van der Waals surface area contributed by atoms with Gasteiger partial charge in [-0.25, -0.2) is 9.69 Å². The van der Waals surface area contributed by atoms with E-state index in [2.05, 4.69) is 21.2 Å². The van der Waals surface area contributed by atoms with Crippen molar-refractivity contribution in [1.29, 1.82) is 0 Å². The van der Waals surface area contributed by atoms with E-state index in [-0.39, 0.29) is 17.1 Å². The highest BCUT2D eigenvalue weighted by Gasteiger charge is 2.36. The number of phenols is 1. The van der Waals surface area contributed by atoms with Gasteiger partial charge in [0.1, 0.15) is 5.57 Å². The van der Waals surface area contributed by atoms with Crippen LogP contribution in [0.4, 0.5) is 10.5 Å². The van der Waals surface area contributed by atoms with Gasteiger partial charge in [0.2, 0.25) is 0 Å². The number of nitrogens with zero attached hydrogens (tertiary/aromatic N) is 1. The highest BCUT2D eigenvalue weighted by molar-refractivity contribution is 9.10. The van der Waals surface area contributed by atoms with Crippen LogP contribution in [0.1, 0.15) is 11.1 Å². The van der Waals surface area contributed by atoms with Gasteiger partial charge in [-0.2, -0.15) is 0 Å². The molecule has 0 unspecified atom stereocenters. The van der Waals surface area contributed by atoms with Crippen LogP contribution in [-0.4, -0.2) is 30.1 Å². The summed E-state index contributed by atoms with van der Waals surface area (Å²) >= 11 is 3.27. The van der Waals surface area contributed by atoms with Gasteiger partial charge >= 0.3 is 6.03 Å². The predicted molar refractivity (Wildman–Crippen MR) is 103 cm³/mol. The number of methoxy groups -OCH3 is 1. The Labute approximate surface area is 163 Å². The SMILES string of the molecule is COc1cc(/C=C2/C(=O)NC(=O)N(c3ccc(C)cc3)C2=O)c(Br)cc1O. The van der Waals surface area contributed by atoms with Crippen LogP contribution in [0.15, 0.2) is 46.4 Å². The number of phenolic OH excluding ortho intramolecular Hbond substituents is 1. The van der Waals surface area contributed by atoms with Crippen molar-refractivity contribution in [1.82, 2.24) is 5.32 Å². The number of halogens is 1. The molecule has 1 fully saturated rings. The number of aromatic hydroxyl groups is 1. The first kappa shape index (κ1) is 18.7. The van der Waals surface area contributed by atoms with Crippen LogP contribution < -0.4 is 15.0 Å². The predicted octanol–water partition coefficient (Wildman–Crippen LogP) is 3.14. The van der Waals surface area contributed by atoms with Crippen molar-refractivity contribution in [3.05, 3.63) is 57.6 Å². The van der Waals surface area contributed by atoms with Gasteiger partial charge in [-0.1, -0.05) is 33.6 Å². The van der Waals surface area contributed by atoms with Crippen LogP contribution in [0.3, 0.4) is 0 Å². The molecule has 1 aliphatic rings. The average Bonchev–Trinajstić information content (AvgIpc) is 2.61. The molecule has 7 nitrogen and oxygen atoms in total. The van der Waals surface area contributed by atoms with E-state index < -0.39 is 17.8 Å². The molecule has 0 atom stereocenters. The van der Waals surface area contributed by atoms with Crippen LogP contribution in [-0.2, 0) is 9.59 Å². The summed E-state index contributed by atoms with van der Waals surface area (Å²) in [5.74, 6) is -1.46. The minimum absolute atomic E-state index is 0.0950. The lowest BCUT2D eigenvalue weighted by molar-refractivity contribution is -0.122. The summed E-state index contributed by atoms with van der Waals surface area (Å²) in [6.07, 6.45) is 1.33. The standard InChI is InChI=1S/C19H15BrN2O5/c1-10-3-5-12(6-4-10)22-18(25)13(17(24)21-19(22)26)7-11-8-16(27-2)15(23)9-14(11)20/h3-9,23H,1-2H3,(H,21,24,26)/b13-7-. The number of anilines is 1. The Balaban J connectivity index is 2.06. The molecule has 4 amide bonds. The molecule has 0 aliphatic carbocycles. The lowest BCUT2D eigenvalue weighted by atomic mass is 10.1. The normalized spacial score (nSPS) is 15.9. The third-order valence-electron chi connectivity index (χ3n) is 3.99. The molecule has 2 aromatic carbocycles. The maximum atomic E-state index is 12.8. The molecule has 2 N–H and O–H groups in total. The number of carbonyl (C=O) groups is 3. The Morgan fingerprint density at radius 3 is 2.44 bits per heavy atom. The number of benzene rings is 2. The third kappa shape index (κ3) is 3.56. The molecule has 3 rings (SSSR count). The number of imide groups is 2. The number of barbiturate groups is 1. The number of rotatable bonds is 3. The second-order valence-electron chi connectivity index (χ2n) is 5.84. The van der Waals surface area contributed by atoms with Crippen LogP contribution in [0, 0.1) is 6.92 Å². The van der Waals surface area contributed by atoms with E-state index in [4.69, 9.17) is 4.74 Å². The Kier molecular flexibility index (Phi) is 5.00. The zero-order valence-corrected chi connectivity index (χ0v) is 16.0. The average molecular weight is 431 g/mol. The number of nitrogens with one attached hydrogen (secondary N) is 1. The number of hydrogen-bond donors (Lipinski definition) is 2. The van der Waals surface area contributed by atoms with Crippen LogP contribution in [0.2, 0.25) is 0 Å². The highest BCUT2D eigenvalue weighted by Crippen LogP contribution is 2.34. The Bertz CT molecular complexity index is 982. The highest BCUT2D eigenvalue weighted by atomic mass is 79.9. The summed E-state index contributed by atoms with van der Waals surface area (Å²) in [5.41, 5.74) is 1.53. The maximum absolute atomic E-state index is 12.8. The molecule has 27 heavy (non-hydrogen) atoms. The van der Waals surface area contributed by atoms with Crippen LogP contribution in [0.25, 0.3) is 6.08 Å². The summed E-state index contributed by atoms with van der Waals surface area (Å²) in [4.78, 5) is 38.2. The van der Waals surface area contributed by atoms with E-state index in [1.165, 1.54) is 25.3 Å². The van der Waals surface area contributed by atoms with Crippen molar-refractivity contribution in [2.75, 3.05) is 12.0 Å². The van der Waals surface area contributed by atoms with Crippen molar-refractivity contribution in [2.45, 2.75) is 6.92 Å².